The zero-order valence-electron chi connectivity index (χ0n) is 10.7. The van der Waals surface area contributed by atoms with Gasteiger partial charge in [0.1, 0.15) is 0 Å². The van der Waals surface area contributed by atoms with Crippen molar-refractivity contribution in [3.63, 3.8) is 0 Å². The summed E-state index contributed by atoms with van der Waals surface area (Å²) in [6.07, 6.45) is 3.72. The molecule has 1 aliphatic rings. The van der Waals surface area contributed by atoms with Crippen LogP contribution in [-0.4, -0.2) is 12.6 Å². The van der Waals surface area contributed by atoms with Gasteiger partial charge >= 0.3 is 0 Å². The third kappa shape index (κ3) is 3.08. The zero-order chi connectivity index (χ0) is 11.6. The Balaban J connectivity index is 1.93. The summed E-state index contributed by atoms with van der Waals surface area (Å²) in [7, 11) is 0. The van der Waals surface area contributed by atoms with Crippen LogP contribution in [0.25, 0.3) is 0 Å². The minimum Gasteiger partial charge on any atom is -0.313 e. The second-order valence-corrected chi connectivity index (χ2v) is 6.15. The number of nitrogens with one attached hydrogen (secondary N) is 1. The lowest BCUT2D eigenvalue weighted by atomic mass is 9.87. The Morgan fingerprint density at radius 3 is 2.56 bits per heavy atom. The van der Waals surface area contributed by atoms with Crippen molar-refractivity contribution in [1.82, 2.24) is 5.32 Å². The molecule has 88 valence electrons. The van der Waals surface area contributed by atoms with E-state index >= 15 is 0 Å². The van der Waals surface area contributed by atoms with Crippen molar-refractivity contribution < 1.29 is 0 Å². The predicted molar refractivity (Wildman–Crippen MR) is 69.7 cm³/mol. The van der Waals surface area contributed by atoms with Crippen molar-refractivity contribution in [3.8, 4) is 0 Å². The van der Waals surface area contributed by atoms with E-state index in [1.165, 1.54) is 19.3 Å². The highest BCUT2D eigenvalue weighted by molar-refractivity contribution is 5.30. The van der Waals surface area contributed by atoms with E-state index in [-0.39, 0.29) is 0 Å². The molecule has 1 unspecified atom stereocenters. The first-order valence-electron chi connectivity index (χ1n) is 6.35. The lowest BCUT2D eigenvalue weighted by molar-refractivity contribution is 0.336. The monoisotopic (exact) mass is 217 g/mol. The number of hydrogen-bond acceptors (Lipinski definition) is 1. The number of fused-ring (bicyclic) bond motifs is 1. The molecule has 1 N–H and O–H groups in total. The lowest BCUT2D eigenvalue weighted by Gasteiger charge is -2.29. The van der Waals surface area contributed by atoms with Gasteiger partial charge in [-0.1, -0.05) is 45.0 Å². The van der Waals surface area contributed by atoms with Gasteiger partial charge in [0, 0.05) is 12.6 Å². The van der Waals surface area contributed by atoms with Crippen molar-refractivity contribution in [2.24, 2.45) is 5.41 Å². The molecule has 1 aliphatic carbocycles. The average Bonchev–Trinajstić information content (AvgIpc) is 2.25. The highest BCUT2D eigenvalue weighted by Gasteiger charge is 2.19. The number of rotatable bonds is 2. The van der Waals surface area contributed by atoms with Gasteiger partial charge in [0.25, 0.3) is 0 Å². The number of benzene rings is 1. The fourth-order valence-electron chi connectivity index (χ4n) is 2.32. The summed E-state index contributed by atoms with van der Waals surface area (Å²) in [5.74, 6) is 0. The molecule has 1 aromatic rings. The van der Waals surface area contributed by atoms with E-state index < -0.39 is 0 Å². The van der Waals surface area contributed by atoms with Crippen LogP contribution < -0.4 is 5.32 Å². The quantitative estimate of drug-likeness (QED) is 0.802. The molecule has 0 bridgehead atoms. The molecule has 2 rings (SSSR count). The third-order valence-corrected chi connectivity index (χ3v) is 3.27. The molecular weight excluding hydrogens is 194 g/mol. The Morgan fingerprint density at radius 1 is 1.19 bits per heavy atom. The Morgan fingerprint density at radius 2 is 1.88 bits per heavy atom. The second kappa shape index (κ2) is 4.58. The van der Waals surface area contributed by atoms with Crippen LogP contribution in [-0.2, 0) is 12.8 Å². The maximum atomic E-state index is 3.70. The van der Waals surface area contributed by atoms with Crippen molar-refractivity contribution >= 4 is 0 Å². The van der Waals surface area contributed by atoms with Crippen molar-refractivity contribution in [2.45, 2.75) is 46.1 Å². The Hall–Kier alpha value is -0.820. The molecule has 0 aromatic heterocycles. The zero-order valence-corrected chi connectivity index (χ0v) is 10.7. The standard InChI is InChI=1S/C15H23N/c1-15(2,3)11-16-14-9-8-12-6-4-5-7-13(12)10-14/h4-7,14,16H,8-11H2,1-3H3. The van der Waals surface area contributed by atoms with Gasteiger partial charge in [-0.05, 0) is 35.8 Å². The SMILES string of the molecule is CC(C)(C)CNC1CCc2ccccc2C1. The van der Waals surface area contributed by atoms with Gasteiger partial charge < -0.3 is 5.32 Å². The molecule has 1 heteroatoms. The van der Waals surface area contributed by atoms with Gasteiger partial charge in [0.15, 0.2) is 0 Å². The van der Waals surface area contributed by atoms with Gasteiger partial charge in [-0.3, -0.25) is 0 Å². The smallest absolute Gasteiger partial charge is 0.0111 e. The third-order valence-electron chi connectivity index (χ3n) is 3.27. The van der Waals surface area contributed by atoms with E-state index in [2.05, 4.69) is 50.4 Å². The van der Waals surface area contributed by atoms with Crippen LogP contribution in [0.5, 0.6) is 0 Å². The molecule has 0 saturated heterocycles. The fourth-order valence-corrected chi connectivity index (χ4v) is 2.32. The minimum atomic E-state index is 0.386. The first kappa shape index (κ1) is 11.7. The average molecular weight is 217 g/mol. The van der Waals surface area contributed by atoms with Crippen molar-refractivity contribution in [3.05, 3.63) is 35.4 Å². The van der Waals surface area contributed by atoms with E-state index in [9.17, 15) is 0 Å². The van der Waals surface area contributed by atoms with Crippen LogP contribution in [0.3, 0.4) is 0 Å². The van der Waals surface area contributed by atoms with E-state index in [0.29, 0.717) is 11.5 Å². The summed E-state index contributed by atoms with van der Waals surface area (Å²) in [5, 5.41) is 3.70. The minimum absolute atomic E-state index is 0.386. The first-order valence-corrected chi connectivity index (χ1v) is 6.35. The molecule has 0 heterocycles. The molecule has 0 spiro atoms. The van der Waals surface area contributed by atoms with E-state index in [4.69, 9.17) is 0 Å². The first-order chi connectivity index (χ1) is 7.54. The van der Waals surface area contributed by atoms with Gasteiger partial charge in [0.2, 0.25) is 0 Å². The predicted octanol–water partition coefficient (Wildman–Crippen LogP) is 3.18. The summed E-state index contributed by atoms with van der Waals surface area (Å²) in [6.45, 7) is 7.98. The molecular formula is C15H23N. The molecule has 0 amide bonds. The van der Waals surface area contributed by atoms with Crippen LogP contribution in [0.15, 0.2) is 24.3 Å². The molecule has 0 aliphatic heterocycles. The highest BCUT2D eigenvalue weighted by Crippen LogP contribution is 2.21. The summed E-state index contributed by atoms with van der Waals surface area (Å²) in [4.78, 5) is 0. The Kier molecular flexibility index (Phi) is 3.34. The normalized spacial score (nSPS) is 20.6. The van der Waals surface area contributed by atoms with Crippen LogP contribution >= 0.6 is 0 Å². The van der Waals surface area contributed by atoms with Gasteiger partial charge in [-0.15, -0.1) is 0 Å². The van der Waals surface area contributed by atoms with Gasteiger partial charge in [-0.2, -0.15) is 0 Å². The van der Waals surface area contributed by atoms with Gasteiger partial charge in [-0.25, -0.2) is 0 Å². The van der Waals surface area contributed by atoms with E-state index in [1.54, 1.807) is 11.1 Å². The Bertz CT molecular complexity index is 349. The highest BCUT2D eigenvalue weighted by atomic mass is 14.9. The molecule has 0 saturated carbocycles. The summed E-state index contributed by atoms with van der Waals surface area (Å²) < 4.78 is 0. The van der Waals surface area contributed by atoms with Crippen LogP contribution in [0, 0.1) is 5.41 Å². The lowest BCUT2D eigenvalue weighted by Crippen LogP contribution is -2.39. The second-order valence-electron chi connectivity index (χ2n) is 6.15. The van der Waals surface area contributed by atoms with Crippen molar-refractivity contribution in [1.29, 1.82) is 0 Å². The molecule has 1 aromatic carbocycles. The maximum Gasteiger partial charge on any atom is 0.0111 e. The molecule has 1 atom stereocenters. The van der Waals surface area contributed by atoms with Crippen LogP contribution in [0.1, 0.15) is 38.3 Å². The molecule has 0 fully saturated rings. The largest absolute Gasteiger partial charge is 0.313 e. The van der Waals surface area contributed by atoms with E-state index in [1.807, 2.05) is 0 Å². The summed E-state index contributed by atoms with van der Waals surface area (Å²) in [6, 6.07) is 9.54. The molecule has 16 heavy (non-hydrogen) atoms. The van der Waals surface area contributed by atoms with Crippen molar-refractivity contribution in [2.75, 3.05) is 6.54 Å². The summed E-state index contributed by atoms with van der Waals surface area (Å²) in [5.41, 5.74) is 3.48. The van der Waals surface area contributed by atoms with Crippen LogP contribution in [0.4, 0.5) is 0 Å². The number of aryl methyl sites for hydroxylation is 1. The number of hydrogen-bond donors (Lipinski definition) is 1. The molecule has 1 nitrogen and oxygen atoms in total. The fraction of sp³-hybridized carbons (Fsp3) is 0.600. The molecule has 0 radical (unpaired) electrons. The summed E-state index contributed by atoms with van der Waals surface area (Å²) >= 11 is 0. The topological polar surface area (TPSA) is 12.0 Å². The maximum absolute atomic E-state index is 3.70. The van der Waals surface area contributed by atoms with Crippen LogP contribution in [0.2, 0.25) is 0 Å². The van der Waals surface area contributed by atoms with Gasteiger partial charge in [0.05, 0.1) is 0 Å². The van der Waals surface area contributed by atoms with E-state index in [0.717, 1.165) is 6.54 Å². The Labute approximate surface area is 99.3 Å².